The van der Waals surface area contributed by atoms with Crippen molar-refractivity contribution < 1.29 is 4.74 Å². The molecule has 2 heteroatoms. The lowest BCUT2D eigenvalue weighted by Gasteiger charge is -2.30. The Morgan fingerprint density at radius 3 is 2.00 bits per heavy atom. The topological polar surface area (TPSA) is 14.2 Å². The Morgan fingerprint density at radius 1 is 0.769 bits per heavy atom. The summed E-state index contributed by atoms with van der Waals surface area (Å²) in [6, 6.07) is 25.6. The Hall–Kier alpha value is -3.00. The molecule has 5 rings (SSSR count). The van der Waals surface area contributed by atoms with E-state index in [0.717, 1.165) is 11.5 Å². The normalized spacial score (nSPS) is 13.5. The van der Waals surface area contributed by atoms with Crippen LogP contribution < -0.4 is 4.74 Å². The molecule has 0 atom stereocenters. The Labute approximate surface area is 153 Å². The van der Waals surface area contributed by atoms with Crippen LogP contribution in [0.1, 0.15) is 42.5 Å². The maximum Gasteiger partial charge on any atom is 0.133 e. The van der Waals surface area contributed by atoms with Crippen molar-refractivity contribution in [1.29, 1.82) is 0 Å². The molecular formula is C24H21NO. The van der Waals surface area contributed by atoms with Crippen LogP contribution in [0, 0.1) is 0 Å². The van der Waals surface area contributed by atoms with E-state index in [4.69, 9.17) is 4.74 Å². The van der Waals surface area contributed by atoms with Gasteiger partial charge in [0.2, 0.25) is 0 Å². The molecule has 3 aromatic carbocycles. The molecule has 0 aliphatic carbocycles. The van der Waals surface area contributed by atoms with Crippen LogP contribution in [-0.2, 0) is 0 Å². The molecule has 0 radical (unpaired) electrons. The van der Waals surface area contributed by atoms with Crippen molar-refractivity contribution in [2.45, 2.75) is 25.8 Å². The smallest absolute Gasteiger partial charge is 0.133 e. The first kappa shape index (κ1) is 15.3. The van der Waals surface area contributed by atoms with E-state index in [1.807, 2.05) is 12.1 Å². The highest BCUT2D eigenvalue weighted by molar-refractivity contribution is 5.85. The fraction of sp³-hybridized carbons (Fsp3) is 0.167. The van der Waals surface area contributed by atoms with Gasteiger partial charge in [-0.3, -0.25) is 0 Å². The molecule has 4 aromatic rings. The zero-order valence-corrected chi connectivity index (χ0v) is 15.0. The number of ether oxygens (including phenoxy) is 1. The van der Waals surface area contributed by atoms with E-state index in [9.17, 15) is 0 Å². The van der Waals surface area contributed by atoms with Gasteiger partial charge < -0.3 is 9.30 Å². The first-order valence-corrected chi connectivity index (χ1v) is 9.19. The van der Waals surface area contributed by atoms with Crippen molar-refractivity contribution in [1.82, 2.24) is 4.57 Å². The molecule has 1 aliphatic heterocycles. The SMILES string of the molecule is CC(C)c1cn(C2c3ccccc3Oc3ccccc32)c2ccccc12. The molecule has 0 bridgehead atoms. The lowest BCUT2D eigenvalue weighted by Crippen LogP contribution is -2.17. The summed E-state index contributed by atoms with van der Waals surface area (Å²) >= 11 is 0. The van der Waals surface area contributed by atoms with Gasteiger partial charge in [-0.25, -0.2) is 0 Å². The standard InChI is InChI=1S/C24H21NO/c1-16(2)20-15-25(21-12-6-3-9-17(20)21)24-18-10-4-7-13-22(18)26-23-14-8-5-11-19(23)24/h3-16,24H,1-2H3. The molecule has 0 N–H and O–H groups in total. The molecule has 2 nitrogen and oxygen atoms in total. The van der Waals surface area contributed by atoms with Gasteiger partial charge in [-0.15, -0.1) is 0 Å². The van der Waals surface area contributed by atoms with Crippen LogP contribution >= 0.6 is 0 Å². The fourth-order valence-corrected chi connectivity index (χ4v) is 4.09. The van der Waals surface area contributed by atoms with E-state index in [1.54, 1.807) is 0 Å². The van der Waals surface area contributed by atoms with Gasteiger partial charge in [0.1, 0.15) is 11.5 Å². The summed E-state index contributed by atoms with van der Waals surface area (Å²) in [5, 5.41) is 1.34. The number of fused-ring (bicyclic) bond motifs is 3. The lowest BCUT2D eigenvalue weighted by molar-refractivity contribution is 0.436. The summed E-state index contributed by atoms with van der Waals surface area (Å²) in [5.74, 6) is 2.37. The van der Waals surface area contributed by atoms with E-state index in [-0.39, 0.29) is 6.04 Å². The predicted molar refractivity (Wildman–Crippen MR) is 106 cm³/mol. The lowest BCUT2D eigenvalue weighted by atomic mass is 9.94. The summed E-state index contributed by atoms with van der Waals surface area (Å²) in [7, 11) is 0. The largest absolute Gasteiger partial charge is 0.457 e. The van der Waals surface area contributed by atoms with Crippen molar-refractivity contribution in [3.63, 3.8) is 0 Å². The third-order valence-corrected chi connectivity index (χ3v) is 5.32. The second kappa shape index (κ2) is 5.77. The summed E-state index contributed by atoms with van der Waals surface area (Å²) in [5.41, 5.74) is 5.08. The molecule has 0 saturated heterocycles. The van der Waals surface area contributed by atoms with Crippen molar-refractivity contribution >= 4 is 10.9 Å². The highest BCUT2D eigenvalue weighted by atomic mass is 16.5. The number of benzene rings is 3. The van der Waals surface area contributed by atoms with E-state index in [0.29, 0.717) is 5.92 Å². The van der Waals surface area contributed by atoms with Crippen LogP contribution in [0.4, 0.5) is 0 Å². The van der Waals surface area contributed by atoms with Crippen molar-refractivity contribution in [3.8, 4) is 11.5 Å². The maximum atomic E-state index is 6.18. The Kier molecular flexibility index (Phi) is 3.39. The van der Waals surface area contributed by atoms with E-state index < -0.39 is 0 Å². The minimum absolute atomic E-state index is 0.119. The second-order valence-electron chi connectivity index (χ2n) is 7.24. The van der Waals surface area contributed by atoms with Crippen LogP contribution in [0.5, 0.6) is 11.5 Å². The Morgan fingerprint density at radius 2 is 1.35 bits per heavy atom. The van der Waals surface area contributed by atoms with Crippen LogP contribution in [0.25, 0.3) is 10.9 Å². The first-order chi connectivity index (χ1) is 12.7. The maximum absolute atomic E-state index is 6.18. The van der Waals surface area contributed by atoms with E-state index >= 15 is 0 Å². The minimum Gasteiger partial charge on any atom is -0.457 e. The molecule has 1 aliphatic rings. The van der Waals surface area contributed by atoms with Gasteiger partial charge in [0.25, 0.3) is 0 Å². The van der Waals surface area contributed by atoms with Crippen LogP contribution in [0.3, 0.4) is 0 Å². The minimum atomic E-state index is 0.119. The Balaban J connectivity index is 1.83. The third-order valence-electron chi connectivity index (χ3n) is 5.32. The van der Waals surface area contributed by atoms with Gasteiger partial charge in [-0.05, 0) is 29.7 Å². The number of hydrogen-bond donors (Lipinski definition) is 0. The average Bonchev–Trinajstić information content (AvgIpc) is 3.06. The number of aromatic nitrogens is 1. The van der Waals surface area contributed by atoms with Crippen molar-refractivity contribution in [2.75, 3.05) is 0 Å². The summed E-state index contributed by atoms with van der Waals surface area (Å²) in [4.78, 5) is 0. The molecule has 0 fully saturated rings. The zero-order valence-electron chi connectivity index (χ0n) is 15.0. The quantitative estimate of drug-likeness (QED) is 0.358. The monoisotopic (exact) mass is 339 g/mol. The van der Waals surface area contributed by atoms with Gasteiger partial charge in [0.15, 0.2) is 0 Å². The molecule has 0 unspecified atom stereocenters. The summed E-state index contributed by atoms with van der Waals surface area (Å²) in [6.45, 7) is 4.52. The van der Waals surface area contributed by atoms with Gasteiger partial charge >= 0.3 is 0 Å². The summed E-state index contributed by atoms with van der Waals surface area (Å²) < 4.78 is 8.60. The van der Waals surface area contributed by atoms with Crippen LogP contribution in [0.2, 0.25) is 0 Å². The number of para-hydroxylation sites is 3. The van der Waals surface area contributed by atoms with Gasteiger partial charge in [0, 0.05) is 28.2 Å². The molecule has 0 spiro atoms. The predicted octanol–water partition coefficient (Wildman–Crippen LogP) is 6.51. The van der Waals surface area contributed by atoms with Crippen molar-refractivity contribution in [3.05, 3.63) is 95.7 Å². The molecular weight excluding hydrogens is 318 g/mol. The number of rotatable bonds is 2. The van der Waals surface area contributed by atoms with Gasteiger partial charge in [0.05, 0.1) is 6.04 Å². The fourth-order valence-electron chi connectivity index (χ4n) is 4.09. The molecule has 2 heterocycles. The van der Waals surface area contributed by atoms with E-state index in [2.05, 4.69) is 85.3 Å². The van der Waals surface area contributed by atoms with Gasteiger partial charge in [-0.2, -0.15) is 0 Å². The molecule has 128 valence electrons. The zero-order chi connectivity index (χ0) is 17.7. The first-order valence-electron chi connectivity index (χ1n) is 9.19. The van der Waals surface area contributed by atoms with E-state index in [1.165, 1.54) is 27.6 Å². The molecule has 26 heavy (non-hydrogen) atoms. The van der Waals surface area contributed by atoms with Crippen LogP contribution in [0.15, 0.2) is 79.0 Å². The second-order valence-corrected chi connectivity index (χ2v) is 7.24. The number of nitrogens with zero attached hydrogens (tertiary/aromatic N) is 1. The molecule has 1 aromatic heterocycles. The highest BCUT2D eigenvalue weighted by Crippen LogP contribution is 2.46. The number of hydrogen-bond acceptors (Lipinski definition) is 1. The highest BCUT2D eigenvalue weighted by Gasteiger charge is 2.29. The van der Waals surface area contributed by atoms with Crippen molar-refractivity contribution in [2.24, 2.45) is 0 Å². The van der Waals surface area contributed by atoms with Gasteiger partial charge in [-0.1, -0.05) is 68.4 Å². The average molecular weight is 339 g/mol. The molecule has 0 saturated carbocycles. The third kappa shape index (κ3) is 2.19. The van der Waals surface area contributed by atoms with Crippen LogP contribution in [-0.4, -0.2) is 4.57 Å². The summed E-state index contributed by atoms with van der Waals surface area (Å²) in [6.07, 6.45) is 2.33. The Bertz CT molecular complexity index is 1060. The molecule has 0 amide bonds.